The van der Waals surface area contributed by atoms with Crippen molar-refractivity contribution in [3.8, 4) is 0 Å². The molecule has 1 aromatic carbocycles. The fourth-order valence-corrected chi connectivity index (χ4v) is 2.57. The Hall–Kier alpha value is -0.190. The summed E-state index contributed by atoms with van der Waals surface area (Å²) < 4.78 is 1.09. The number of benzene rings is 1. The maximum Gasteiger partial charge on any atom is 0.0391 e. The molecule has 0 aliphatic carbocycles. The standard InChI is InChI=1S/C12H19BrN2S/c1-2-16-7-6-12(9-14)15-11-5-3-4-10(13)8-11/h3-5,8,12,15H,2,6-7,9,14H2,1H3. The van der Waals surface area contributed by atoms with Gasteiger partial charge in [0.1, 0.15) is 0 Å². The molecular weight excluding hydrogens is 284 g/mol. The maximum atomic E-state index is 5.76. The van der Waals surface area contributed by atoms with Crippen molar-refractivity contribution in [3.05, 3.63) is 28.7 Å². The van der Waals surface area contributed by atoms with E-state index >= 15 is 0 Å². The fraction of sp³-hybridized carbons (Fsp3) is 0.500. The molecule has 0 aliphatic heterocycles. The van der Waals surface area contributed by atoms with Crippen molar-refractivity contribution in [3.63, 3.8) is 0 Å². The molecule has 16 heavy (non-hydrogen) atoms. The summed E-state index contributed by atoms with van der Waals surface area (Å²) in [6.45, 7) is 2.86. The van der Waals surface area contributed by atoms with Crippen molar-refractivity contribution in [2.75, 3.05) is 23.4 Å². The molecule has 0 bridgehead atoms. The first-order valence-electron chi connectivity index (χ1n) is 5.56. The summed E-state index contributed by atoms with van der Waals surface area (Å²) in [5.74, 6) is 2.34. The Labute approximate surface area is 111 Å². The van der Waals surface area contributed by atoms with Gasteiger partial charge in [-0.15, -0.1) is 0 Å². The molecule has 0 aliphatic rings. The molecule has 0 heterocycles. The molecule has 1 unspecified atom stereocenters. The first-order valence-corrected chi connectivity index (χ1v) is 7.51. The highest BCUT2D eigenvalue weighted by Crippen LogP contribution is 2.17. The van der Waals surface area contributed by atoms with Crippen LogP contribution in [0.3, 0.4) is 0 Å². The van der Waals surface area contributed by atoms with Gasteiger partial charge in [0.25, 0.3) is 0 Å². The molecule has 0 saturated carbocycles. The Morgan fingerprint density at radius 2 is 2.31 bits per heavy atom. The van der Waals surface area contributed by atoms with E-state index in [9.17, 15) is 0 Å². The second kappa shape index (κ2) is 7.98. The summed E-state index contributed by atoms with van der Waals surface area (Å²) in [4.78, 5) is 0. The Kier molecular flexibility index (Phi) is 6.92. The lowest BCUT2D eigenvalue weighted by Gasteiger charge is -2.18. The van der Waals surface area contributed by atoms with Gasteiger partial charge in [-0.3, -0.25) is 0 Å². The predicted octanol–water partition coefficient (Wildman–Crippen LogP) is 3.33. The molecule has 0 radical (unpaired) electrons. The minimum absolute atomic E-state index is 0.369. The van der Waals surface area contributed by atoms with Crippen LogP contribution in [0.25, 0.3) is 0 Å². The monoisotopic (exact) mass is 302 g/mol. The average Bonchev–Trinajstić information content (AvgIpc) is 2.28. The highest BCUT2D eigenvalue weighted by molar-refractivity contribution is 9.10. The first-order chi connectivity index (χ1) is 7.76. The number of nitrogens with one attached hydrogen (secondary N) is 1. The second-order valence-electron chi connectivity index (χ2n) is 3.57. The van der Waals surface area contributed by atoms with Gasteiger partial charge in [-0.25, -0.2) is 0 Å². The predicted molar refractivity (Wildman–Crippen MR) is 78.2 cm³/mol. The van der Waals surface area contributed by atoms with E-state index in [0.29, 0.717) is 12.6 Å². The highest BCUT2D eigenvalue weighted by Gasteiger charge is 2.05. The van der Waals surface area contributed by atoms with Crippen LogP contribution in [0.4, 0.5) is 5.69 Å². The third-order valence-electron chi connectivity index (χ3n) is 2.29. The zero-order valence-corrected chi connectivity index (χ0v) is 12.0. The lowest BCUT2D eigenvalue weighted by atomic mass is 10.2. The second-order valence-corrected chi connectivity index (χ2v) is 5.88. The Bertz CT molecular complexity index is 307. The van der Waals surface area contributed by atoms with E-state index in [1.54, 1.807) is 0 Å². The number of rotatable bonds is 7. The van der Waals surface area contributed by atoms with E-state index in [1.165, 1.54) is 11.5 Å². The minimum atomic E-state index is 0.369. The number of thioether (sulfide) groups is 1. The molecule has 1 rings (SSSR count). The molecule has 0 saturated heterocycles. The molecule has 2 nitrogen and oxygen atoms in total. The molecule has 3 N–H and O–H groups in total. The summed E-state index contributed by atoms with van der Waals surface area (Å²) in [6, 6.07) is 8.57. The largest absolute Gasteiger partial charge is 0.381 e. The minimum Gasteiger partial charge on any atom is -0.381 e. The SMILES string of the molecule is CCSCCC(CN)Nc1cccc(Br)c1. The third kappa shape index (κ3) is 5.23. The van der Waals surface area contributed by atoms with Crippen LogP contribution in [0.15, 0.2) is 28.7 Å². The Morgan fingerprint density at radius 3 is 2.94 bits per heavy atom. The van der Waals surface area contributed by atoms with Crippen molar-refractivity contribution in [2.45, 2.75) is 19.4 Å². The molecule has 0 aromatic heterocycles. The smallest absolute Gasteiger partial charge is 0.0391 e. The van der Waals surface area contributed by atoms with Crippen LogP contribution >= 0.6 is 27.7 Å². The molecule has 0 fully saturated rings. The molecule has 4 heteroatoms. The van der Waals surface area contributed by atoms with Crippen molar-refractivity contribution < 1.29 is 0 Å². The van der Waals surface area contributed by atoms with E-state index < -0.39 is 0 Å². The number of hydrogen-bond acceptors (Lipinski definition) is 3. The van der Waals surface area contributed by atoms with Crippen LogP contribution < -0.4 is 11.1 Å². The maximum absolute atomic E-state index is 5.76. The topological polar surface area (TPSA) is 38.0 Å². The Balaban J connectivity index is 2.43. The van der Waals surface area contributed by atoms with E-state index in [4.69, 9.17) is 5.73 Å². The van der Waals surface area contributed by atoms with Gasteiger partial charge in [-0.05, 0) is 36.1 Å². The van der Waals surface area contributed by atoms with Gasteiger partial charge in [0.2, 0.25) is 0 Å². The van der Waals surface area contributed by atoms with Gasteiger partial charge in [-0.2, -0.15) is 11.8 Å². The molecular formula is C12H19BrN2S. The zero-order valence-electron chi connectivity index (χ0n) is 9.58. The van der Waals surface area contributed by atoms with Gasteiger partial charge < -0.3 is 11.1 Å². The molecule has 1 atom stereocenters. The van der Waals surface area contributed by atoms with Crippen molar-refractivity contribution in [1.82, 2.24) is 0 Å². The van der Waals surface area contributed by atoms with Crippen LogP contribution in [0.5, 0.6) is 0 Å². The zero-order chi connectivity index (χ0) is 11.8. The molecule has 90 valence electrons. The lowest BCUT2D eigenvalue weighted by Crippen LogP contribution is -2.29. The number of hydrogen-bond donors (Lipinski definition) is 2. The van der Waals surface area contributed by atoms with Gasteiger partial charge in [0, 0.05) is 22.7 Å². The normalized spacial score (nSPS) is 12.4. The van der Waals surface area contributed by atoms with Gasteiger partial charge >= 0.3 is 0 Å². The van der Waals surface area contributed by atoms with Gasteiger partial charge in [0.05, 0.1) is 0 Å². The van der Waals surface area contributed by atoms with Crippen LogP contribution in [0.2, 0.25) is 0 Å². The Morgan fingerprint density at radius 1 is 1.50 bits per heavy atom. The van der Waals surface area contributed by atoms with Gasteiger partial charge in [-0.1, -0.05) is 28.9 Å². The van der Waals surface area contributed by atoms with Crippen molar-refractivity contribution >= 4 is 33.4 Å². The summed E-state index contributed by atoms with van der Waals surface area (Å²) >= 11 is 5.42. The number of nitrogens with two attached hydrogens (primary N) is 1. The number of anilines is 1. The summed E-state index contributed by atoms with van der Waals surface area (Å²) in [5.41, 5.74) is 6.89. The van der Waals surface area contributed by atoms with E-state index in [1.807, 2.05) is 23.9 Å². The van der Waals surface area contributed by atoms with Crippen LogP contribution in [0.1, 0.15) is 13.3 Å². The first kappa shape index (κ1) is 13.9. The highest BCUT2D eigenvalue weighted by atomic mass is 79.9. The van der Waals surface area contributed by atoms with Crippen LogP contribution in [-0.4, -0.2) is 24.1 Å². The van der Waals surface area contributed by atoms with E-state index in [0.717, 1.165) is 16.6 Å². The molecule has 0 spiro atoms. The van der Waals surface area contributed by atoms with Crippen molar-refractivity contribution in [2.24, 2.45) is 5.73 Å². The quantitative estimate of drug-likeness (QED) is 0.759. The summed E-state index contributed by atoms with van der Waals surface area (Å²) in [6.07, 6.45) is 1.11. The van der Waals surface area contributed by atoms with Crippen LogP contribution in [-0.2, 0) is 0 Å². The summed E-state index contributed by atoms with van der Waals surface area (Å²) in [7, 11) is 0. The lowest BCUT2D eigenvalue weighted by molar-refractivity contribution is 0.709. The molecule has 0 amide bonds. The van der Waals surface area contributed by atoms with Gasteiger partial charge in [0.15, 0.2) is 0 Å². The average molecular weight is 303 g/mol. The molecule has 1 aromatic rings. The fourth-order valence-electron chi connectivity index (χ4n) is 1.43. The number of halogens is 1. The third-order valence-corrected chi connectivity index (χ3v) is 3.72. The van der Waals surface area contributed by atoms with E-state index in [-0.39, 0.29) is 0 Å². The van der Waals surface area contributed by atoms with Crippen LogP contribution in [0, 0.1) is 0 Å². The summed E-state index contributed by atoms with van der Waals surface area (Å²) in [5, 5.41) is 3.46. The van der Waals surface area contributed by atoms with E-state index in [2.05, 4.69) is 40.3 Å². The van der Waals surface area contributed by atoms with Crippen molar-refractivity contribution in [1.29, 1.82) is 0 Å².